The van der Waals surface area contributed by atoms with Gasteiger partial charge in [-0.15, -0.1) is 0 Å². The second kappa shape index (κ2) is 4.37. The van der Waals surface area contributed by atoms with E-state index < -0.39 is 0 Å². The van der Waals surface area contributed by atoms with Crippen LogP contribution in [-0.2, 0) is 6.42 Å². The lowest BCUT2D eigenvalue weighted by molar-refractivity contribution is 0.0991. The number of nitrogens with one attached hydrogen (secondary N) is 1. The molecule has 0 amide bonds. The van der Waals surface area contributed by atoms with Crippen molar-refractivity contribution in [2.75, 3.05) is 0 Å². The van der Waals surface area contributed by atoms with Crippen molar-refractivity contribution in [2.45, 2.75) is 6.42 Å². The third kappa shape index (κ3) is 1.98. The Hall–Kier alpha value is -2.56. The number of imidazole rings is 1. The number of hydrogen-bond acceptors (Lipinski definition) is 4. The molecular formula is C13H10N4O. The smallest absolute Gasteiger partial charge is 0.170 e. The summed E-state index contributed by atoms with van der Waals surface area (Å²) in [5, 5.41) is 0. The molecule has 88 valence electrons. The first-order valence-electron chi connectivity index (χ1n) is 5.55. The van der Waals surface area contributed by atoms with E-state index in [1.165, 1.54) is 0 Å². The van der Waals surface area contributed by atoms with E-state index in [-0.39, 0.29) is 12.2 Å². The maximum Gasteiger partial charge on any atom is 0.170 e. The highest BCUT2D eigenvalue weighted by Gasteiger charge is 2.09. The van der Waals surface area contributed by atoms with Gasteiger partial charge in [-0.05, 0) is 18.2 Å². The minimum Gasteiger partial charge on any atom is -0.348 e. The Morgan fingerprint density at radius 2 is 1.89 bits per heavy atom. The number of H-pyrrole nitrogens is 1. The third-order valence-corrected chi connectivity index (χ3v) is 2.67. The zero-order valence-corrected chi connectivity index (χ0v) is 9.50. The topological polar surface area (TPSA) is 71.5 Å². The fourth-order valence-electron chi connectivity index (χ4n) is 1.79. The third-order valence-electron chi connectivity index (χ3n) is 2.67. The molecule has 3 rings (SSSR count). The molecular weight excluding hydrogens is 228 g/mol. The maximum atomic E-state index is 12.0. The molecule has 0 bridgehead atoms. The van der Waals surface area contributed by atoms with Crippen molar-refractivity contribution in [2.24, 2.45) is 0 Å². The van der Waals surface area contributed by atoms with Crippen LogP contribution >= 0.6 is 0 Å². The Bertz CT molecular complexity index is 691. The quantitative estimate of drug-likeness (QED) is 0.706. The van der Waals surface area contributed by atoms with E-state index >= 15 is 0 Å². The molecule has 5 nitrogen and oxygen atoms in total. The largest absolute Gasteiger partial charge is 0.348 e. The van der Waals surface area contributed by atoms with E-state index in [1.807, 2.05) is 0 Å². The van der Waals surface area contributed by atoms with E-state index in [4.69, 9.17) is 0 Å². The van der Waals surface area contributed by atoms with Gasteiger partial charge in [0.15, 0.2) is 5.78 Å². The van der Waals surface area contributed by atoms with Gasteiger partial charge in [-0.2, -0.15) is 0 Å². The van der Waals surface area contributed by atoms with E-state index in [0.717, 1.165) is 11.0 Å². The zero-order chi connectivity index (χ0) is 12.4. The van der Waals surface area contributed by atoms with Crippen molar-refractivity contribution in [3.63, 3.8) is 0 Å². The average molecular weight is 238 g/mol. The van der Waals surface area contributed by atoms with Crippen LogP contribution in [-0.4, -0.2) is 25.7 Å². The Morgan fingerprint density at radius 3 is 2.67 bits per heavy atom. The number of aromatic nitrogens is 4. The lowest BCUT2D eigenvalue weighted by atomic mass is 10.1. The first-order valence-corrected chi connectivity index (χ1v) is 5.55. The number of ketones is 1. The summed E-state index contributed by atoms with van der Waals surface area (Å²) in [6, 6.07) is 5.33. The SMILES string of the molecule is O=C(Cc1ncc[nH]1)c1ccc2nccnc2c1. The Balaban J connectivity index is 1.92. The normalized spacial score (nSPS) is 10.7. The molecule has 0 aliphatic carbocycles. The average Bonchev–Trinajstić information content (AvgIpc) is 2.91. The van der Waals surface area contributed by atoms with Gasteiger partial charge < -0.3 is 4.98 Å². The monoisotopic (exact) mass is 238 g/mol. The summed E-state index contributed by atoms with van der Waals surface area (Å²) in [4.78, 5) is 27.4. The van der Waals surface area contributed by atoms with Crippen LogP contribution in [0.4, 0.5) is 0 Å². The van der Waals surface area contributed by atoms with Crippen LogP contribution in [0.25, 0.3) is 11.0 Å². The van der Waals surface area contributed by atoms with Gasteiger partial charge in [0, 0.05) is 30.4 Å². The molecule has 0 atom stereocenters. The zero-order valence-electron chi connectivity index (χ0n) is 9.50. The minimum absolute atomic E-state index is 0.0116. The molecule has 1 aromatic carbocycles. The number of carbonyl (C=O) groups excluding carboxylic acids is 1. The van der Waals surface area contributed by atoms with Crippen LogP contribution in [0.5, 0.6) is 0 Å². The van der Waals surface area contributed by atoms with Gasteiger partial charge in [-0.3, -0.25) is 14.8 Å². The summed E-state index contributed by atoms with van der Waals surface area (Å²) in [5.41, 5.74) is 2.13. The predicted octanol–water partition coefficient (Wildman–Crippen LogP) is 1.78. The van der Waals surface area contributed by atoms with E-state index in [1.54, 1.807) is 43.0 Å². The molecule has 0 aliphatic rings. The van der Waals surface area contributed by atoms with Gasteiger partial charge in [0.25, 0.3) is 0 Å². The molecule has 0 radical (unpaired) electrons. The summed E-state index contributed by atoms with van der Waals surface area (Å²) < 4.78 is 0. The molecule has 0 saturated carbocycles. The Labute approximate surface area is 103 Å². The van der Waals surface area contributed by atoms with Crippen molar-refractivity contribution in [1.82, 2.24) is 19.9 Å². The molecule has 0 unspecified atom stereocenters. The number of benzene rings is 1. The van der Waals surface area contributed by atoms with Gasteiger partial charge >= 0.3 is 0 Å². The fraction of sp³-hybridized carbons (Fsp3) is 0.0769. The number of fused-ring (bicyclic) bond motifs is 1. The van der Waals surface area contributed by atoms with E-state index in [2.05, 4.69) is 19.9 Å². The van der Waals surface area contributed by atoms with Gasteiger partial charge in [-0.25, -0.2) is 4.98 Å². The molecule has 0 aliphatic heterocycles. The number of Topliss-reactive ketones (excluding diaryl/α,β-unsaturated/α-hetero) is 1. The molecule has 1 N–H and O–H groups in total. The molecule has 3 aromatic rings. The Kier molecular flexibility index (Phi) is 2.57. The fourth-order valence-corrected chi connectivity index (χ4v) is 1.79. The molecule has 5 heteroatoms. The highest BCUT2D eigenvalue weighted by Crippen LogP contribution is 2.12. The molecule has 18 heavy (non-hydrogen) atoms. The second-order valence-corrected chi connectivity index (χ2v) is 3.90. The minimum atomic E-state index is 0.0116. The predicted molar refractivity (Wildman–Crippen MR) is 66.2 cm³/mol. The molecule has 2 aromatic heterocycles. The van der Waals surface area contributed by atoms with Crippen LogP contribution < -0.4 is 0 Å². The van der Waals surface area contributed by atoms with Gasteiger partial charge in [-0.1, -0.05) is 0 Å². The summed E-state index contributed by atoms with van der Waals surface area (Å²) in [6.45, 7) is 0. The van der Waals surface area contributed by atoms with Crippen molar-refractivity contribution in [3.8, 4) is 0 Å². The highest BCUT2D eigenvalue weighted by atomic mass is 16.1. The summed E-state index contributed by atoms with van der Waals surface area (Å²) in [6.07, 6.45) is 6.84. The standard InChI is InChI=1S/C13H10N4O/c18-12(8-13-16-5-6-17-13)9-1-2-10-11(7-9)15-4-3-14-10/h1-7H,8H2,(H,16,17). The molecule has 2 heterocycles. The van der Waals surface area contributed by atoms with Crippen LogP contribution in [0, 0.1) is 0 Å². The number of nitrogens with zero attached hydrogens (tertiary/aromatic N) is 3. The second-order valence-electron chi connectivity index (χ2n) is 3.90. The number of rotatable bonds is 3. The summed E-state index contributed by atoms with van der Waals surface area (Å²) in [5.74, 6) is 0.678. The van der Waals surface area contributed by atoms with Crippen molar-refractivity contribution in [1.29, 1.82) is 0 Å². The first-order chi connectivity index (χ1) is 8.83. The lowest BCUT2D eigenvalue weighted by Gasteiger charge is -2.01. The maximum absolute atomic E-state index is 12.0. The Morgan fingerprint density at radius 1 is 1.06 bits per heavy atom. The van der Waals surface area contributed by atoms with Crippen LogP contribution in [0.3, 0.4) is 0 Å². The number of carbonyl (C=O) groups is 1. The molecule has 0 saturated heterocycles. The van der Waals surface area contributed by atoms with Crippen molar-refractivity contribution in [3.05, 3.63) is 54.4 Å². The van der Waals surface area contributed by atoms with Crippen LogP contribution in [0.2, 0.25) is 0 Å². The summed E-state index contributed by atoms with van der Waals surface area (Å²) >= 11 is 0. The van der Waals surface area contributed by atoms with Crippen molar-refractivity contribution < 1.29 is 4.79 Å². The highest BCUT2D eigenvalue weighted by molar-refractivity contribution is 5.99. The van der Waals surface area contributed by atoms with Crippen LogP contribution in [0.15, 0.2) is 43.0 Å². The number of aromatic amines is 1. The number of hydrogen-bond donors (Lipinski definition) is 1. The molecule has 0 spiro atoms. The molecule has 0 fully saturated rings. The lowest BCUT2D eigenvalue weighted by Crippen LogP contribution is -2.05. The van der Waals surface area contributed by atoms with Gasteiger partial charge in [0.1, 0.15) is 5.82 Å². The van der Waals surface area contributed by atoms with Gasteiger partial charge in [0.2, 0.25) is 0 Å². The van der Waals surface area contributed by atoms with Gasteiger partial charge in [0.05, 0.1) is 17.5 Å². The summed E-state index contributed by atoms with van der Waals surface area (Å²) in [7, 11) is 0. The van der Waals surface area contributed by atoms with E-state index in [9.17, 15) is 4.79 Å². The van der Waals surface area contributed by atoms with Crippen molar-refractivity contribution >= 4 is 16.8 Å². The first kappa shape index (κ1) is 10.6. The van der Waals surface area contributed by atoms with E-state index in [0.29, 0.717) is 11.4 Å². The van der Waals surface area contributed by atoms with Crippen LogP contribution in [0.1, 0.15) is 16.2 Å².